The van der Waals surface area contributed by atoms with Crippen molar-refractivity contribution in [2.75, 3.05) is 5.73 Å². The summed E-state index contributed by atoms with van der Waals surface area (Å²) in [5.74, 6) is -1.11. The van der Waals surface area contributed by atoms with E-state index < -0.39 is 11.6 Å². The van der Waals surface area contributed by atoms with E-state index in [2.05, 4.69) is 0 Å². The Morgan fingerprint density at radius 1 is 1.06 bits per heavy atom. The molecular formula is C13H11F2NOS. The Morgan fingerprint density at radius 3 is 2.50 bits per heavy atom. The number of rotatable bonds is 3. The number of nitrogen functional groups attached to an aromatic ring is 1. The molecule has 2 aromatic carbocycles. The molecule has 0 heterocycles. The Kier molecular flexibility index (Phi) is 3.72. The first-order chi connectivity index (χ1) is 8.56. The second-order valence-electron chi connectivity index (χ2n) is 3.76. The van der Waals surface area contributed by atoms with Crippen LogP contribution in [-0.4, -0.2) is 5.11 Å². The first-order valence-electron chi connectivity index (χ1n) is 5.21. The molecule has 3 N–H and O–H groups in total. The highest BCUT2D eigenvalue weighted by Gasteiger charge is 2.04. The summed E-state index contributed by atoms with van der Waals surface area (Å²) in [5, 5.41) is 9.27. The molecule has 0 bridgehead atoms. The molecule has 0 aliphatic carbocycles. The van der Waals surface area contributed by atoms with E-state index in [0.717, 1.165) is 17.7 Å². The van der Waals surface area contributed by atoms with Crippen LogP contribution in [0.3, 0.4) is 0 Å². The quantitative estimate of drug-likeness (QED) is 0.508. The highest BCUT2D eigenvalue weighted by molar-refractivity contribution is 7.98. The fourth-order valence-corrected chi connectivity index (χ4v) is 2.29. The average molecular weight is 267 g/mol. The van der Waals surface area contributed by atoms with Crippen molar-refractivity contribution < 1.29 is 13.9 Å². The van der Waals surface area contributed by atoms with Gasteiger partial charge in [-0.25, -0.2) is 8.78 Å². The molecule has 0 aromatic heterocycles. The van der Waals surface area contributed by atoms with Gasteiger partial charge in [-0.3, -0.25) is 0 Å². The van der Waals surface area contributed by atoms with Gasteiger partial charge in [0, 0.05) is 10.6 Å². The van der Waals surface area contributed by atoms with E-state index in [-0.39, 0.29) is 5.75 Å². The molecule has 0 aliphatic heterocycles. The number of thioether (sulfide) groups is 1. The van der Waals surface area contributed by atoms with Gasteiger partial charge in [-0.15, -0.1) is 11.8 Å². The SMILES string of the molecule is Nc1cc(CSc2ccc(F)c(F)c2)ccc1O. The number of phenols is 1. The number of halogens is 2. The zero-order valence-electron chi connectivity index (χ0n) is 9.36. The zero-order chi connectivity index (χ0) is 13.1. The number of aromatic hydroxyl groups is 1. The van der Waals surface area contributed by atoms with Crippen molar-refractivity contribution in [1.82, 2.24) is 0 Å². The first-order valence-corrected chi connectivity index (χ1v) is 6.20. The minimum Gasteiger partial charge on any atom is -0.506 e. The lowest BCUT2D eigenvalue weighted by Crippen LogP contribution is -1.89. The topological polar surface area (TPSA) is 46.2 Å². The molecule has 0 fully saturated rings. The van der Waals surface area contributed by atoms with Gasteiger partial charge in [-0.05, 0) is 35.9 Å². The third-order valence-corrected chi connectivity index (χ3v) is 3.45. The number of nitrogens with two attached hydrogens (primary N) is 1. The monoisotopic (exact) mass is 267 g/mol. The van der Waals surface area contributed by atoms with Crippen molar-refractivity contribution in [3.8, 4) is 5.75 Å². The number of hydrogen-bond acceptors (Lipinski definition) is 3. The summed E-state index contributed by atoms with van der Waals surface area (Å²) in [6.07, 6.45) is 0. The fraction of sp³-hybridized carbons (Fsp3) is 0.0769. The molecule has 94 valence electrons. The highest BCUT2D eigenvalue weighted by atomic mass is 32.2. The summed E-state index contributed by atoms with van der Waals surface area (Å²) in [7, 11) is 0. The second kappa shape index (κ2) is 5.27. The molecule has 2 nitrogen and oxygen atoms in total. The van der Waals surface area contributed by atoms with Crippen LogP contribution in [0.5, 0.6) is 5.75 Å². The molecule has 0 radical (unpaired) electrons. The van der Waals surface area contributed by atoms with Crippen LogP contribution in [-0.2, 0) is 5.75 Å². The van der Waals surface area contributed by atoms with Gasteiger partial charge >= 0.3 is 0 Å². The molecule has 2 rings (SSSR count). The van der Waals surface area contributed by atoms with Gasteiger partial charge in [-0.1, -0.05) is 6.07 Å². The smallest absolute Gasteiger partial charge is 0.159 e. The molecule has 0 aliphatic rings. The summed E-state index contributed by atoms with van der Waals surface area (Å²) in [6, 6.07) is 8.68. The Bertz CT molecular complexity index is 523. The van der Waals surface area contributed by atoms with Crippen LogP contribution in [0.15, 0.2) is 41.3 Å². The van der Waals surface area contributed by atoms with Gasteiger partial charge in [0.25, 0.3) is 0 Å². The van der Waals surface area contributed by atoms with E-state index in [1.807, 2.05) is 0 Å². The van der Waals surface area contributed by atoms with E-state index in [4.69, 9.17) is 5.73 Å². The Hall–Kier alpha value is -1.75. The van der Waals surface area contributed by atoms with Gasteiger partial charge in [0.1, 0.15) is 5.75 Å². The van der Waals surface area contributed by atoms with Gasteiger partial charge in [0.05, 0.1) is 5.69 Å². The van der Waals surface area contributed by atoms with Gasteiger partial charge in [0.2, 0.25) is 0 Å². The van der Waals surface area contributed by atoms with Crippen LogP contribution in [0.4, 0.5) is 14.5 Å². The van der Waals surface area contributed by atoms with Crippen molar-refractivity contribution >= 4 is 17.4 Å². The number of hydrogen-bond donors (Lipinski definition) is 2. The van der Waals surface area contributed by atoms with Crippen molar-refractivity contribution in [3.63, 3.8) is 0 Å². The summed E-state index contributed by atoms with van der Waals surface area (Å²) >= 11 is 1.37. The molecular weight excluding hydrogens is 256 g/mol. The minimum absolute atomic E-state index is 0.0385. The van der Waals surface area contributed by atoms with Gasteiger partial charge < -0.3 is 10.8 Å². The van der Waals surface area contributed by atoms with Crippen molar-refractivity contribution in [1.29, 1.82) is 0 Å². The summed E-state index contributed by atoms with van der Waals surface area (Å²) in [5.41, 5.74) is 6.77. The molecule has 0 unspecified atom stereocenters. The van der Waals surface area contributed by atoms with Crippen LogP contribution < -0.4 is 5.73 Å². The van der Waals surface area contributed by atoms with E-state index in [1.54, 1.807) is 12.1 Å². The van der Waals surface area contributed by atoms with E-state index in [9.17, 15) is 13.9 Å². The van der Waals surface area contributed by atoms with E-state index >= 15 is 0 Å². The maximum absolute atomic E-state index is 13.0. The maximum atomic E-state index is 13.0. The predicted molar refractivity (Wildman–Crippen MR) is 68.4 cm³/mol. The lowest BCUT2D eigenvalue weighted by molar-refractivity contribution is 0.478. The standard InChI is InChI=1S/C13H11F2NOS/c14-10-3-2-9(6-11(10)15)18-7-8-1-4-13(17)12(16)5-8/h1-6,17H,7,16H2. The average Bonchev–Trinajstić information content (AvgIpc) is 2.35. The maximum Gasteiger partial charge on any atom is 0.159 e. The third-order valence-electron chi connectivity index (χ3n) is 2.39. The normalized spacial score (nSPS) is 10.6. The molecule has 0 spiro atoms. The lowest BCUT2D eigenvalue weighted by Gasteiger charge is -2.05. The number of phenolic OH excluding ortho intramolecular Hbond substituents is 1. The Labute approximate surface area is 107 Å². The van der Waals surface area contributed by atoms with Crippen LogP contribution >= 0.6 is 11.8 Å². The van der Waals surface area contributed by atoms with Crippen LogP contribution in [0.1, 0.15) is 5.56 Å². The number of benzene rings is 2. The summed E-state index contributed by atoms with van der Waals surface area (Å²) < 4.78 is 25.7. The van der Waals surface area contributed by atoms with Crippen molar-refractivity contribution in [3.05, 3.63) is 53.6 Å². The second-order valence-corrected chi connectivity index (χ2v) is 4.81. The first kappa shape index (κ1) is 12.7. The highest BCUT2D eigenvalue weighted by Crippen LogP contribution is 2.27. The molecule has 0 saturated heterocycles. The third kappa shape index (κ3) is 2.92. The largest absolute Gasteiger partial charge is 0.506 e. The summed E-state index contributed by atoms with van der Waals surface area (Å²) in [6.45, 7) is 0. The summed E-state index contributed by atoms with van der Waals surface area (Å²) in [4.78, 5) is 0.639. The Morgan fingerprint density at radius 2 is 1.83 bits per heavy atom. The van der Waals surface area contributed by atoms with Gasteiger partial charge in [-0.2, -0.15) is 0 Å². The fourth-order valence-electron chi connectivity index (χ4n) is 1.43. The van der Waals surface area contributed by atoms with Gasteiger partial charge in [0.15, 0.2) is 11.6 Å². The minimum atomic E-state index is -0.856. The zero-order valence-corrected chi connectivity index (χ0v) is 10.2. The van der Waals surface area contributed by atoms with Crippen LogP contribution in [0, 0.1) is 11.6 Å². The molecule has 2 aromatic rings. The molecule has 18 heavy (non-hydrogen) atoms. The molecule has 0 amide bonds. The Balaban J connectivity index is 2.06. The van der Waals surface area contributed by atoms with Crippen LogP contribution in [0.25, 0.3) is 0 Å². The van der Waals surface area contributed by atoms with Crippen molar-refractivity contribution in [2.24, 2.45) is 0 Å². The van der Waals surface area contributed by atoms with E-state index in [1.165, 1.54) is 23.9 Å². The molecule has 0 saturated carbocycles. The van der Waals surface area contributed by atoms with Crippen LogP contribution in [0.2, 0.25) is 0 Å². The lowest BCUT2D eigenvalue weighted by atomic mass is 10.2. The van der Waals surface area contributed by atoms with E-state index in [0.29, 0.717) is 16.3 Å². The molecule has 0 atom stereocenters. The molecule has 5 heteroatoms. The van der Waals surface area contributed by atoms with Crippen molar-refractivity contribution in [2.45, 2.75) is 10.6 Å². The number of anilines is 1. The predicted octanol–water partition coefficient (Wildman–Crippen LogP) is 3.54.